The van der Waals surface area contributed by atoms with Gasteiger partial charge in [0.2, 0.25) is 0 Å². The van der Waals surface area contributed by atoms with Gasteiger partial charge < -0.3 is 10.2 Å². The van der Waals surface area contributed by atoms with Crippen LogP contribution in [-0.4, -0.2) is 38.1 Å². The third-order valence-corrected chi connectivity index (χ3v) is 2.42. The Hall–Kier alpha value is -0.0800. The highest BCUT2D eigenvalue weighted by Gasteiger charge is 2.02. The number of hydrogen-bond acceptors (Lipinski definition) is 2. The third kappa shape index (κ3) is 8.26. The molecule has 0 aromatic rings. The Balaban J connectivity index is 3.24. The number of nitrogens with one attached hydrogen (secondary N) is 1. The van der Waals surface area contributed by atoms with Crippen molar-refractivity contribution in [3.05, 3.63) is 0 Å². The SMILES string of the molecule is CCCNCCN(C)CC(C)CC. The molecule has 0 aliphatic rings. The Morgan fingerprint density at radius 2 is 1.92 bits per heavy atom. The highest BCUT2D eigenvalue weighted by molar-refractivity contribution is 4.58. The molecular formula is C11H26N2. The van der Waals surface area contributed by atoms with E-state index >= 15 is 0 Å². The van der Waals surface area contributed by atoms with Crippen LogP contribution < -0.4 is 5.32 Å². The topological polar surface area (TPSA) is 15.3 Å². The largest absolute Gasteiger partial charge is 0.315 e. The van der Waals surface area contributed by atoms with Crippen LogP contribution in [0, 0.1) is 5.92 Å². The van der Waals surface area contributed by atoms with E-state index in [4.69, 9.17) is 0 Å². The van der Waals surface area contributed by atoms with Crippen molar-refractivity contribution in [2.75, 3.05) is 33.2 Å². The molecule has 0 spiro atoms. The Morgan fingerprint density at radius 1 is 1.23 bits per heavy atom. The highest BCUT2D eigenvalue weighted by atomic mass is 15.1. The van der Waals surface area contributed by atoms with E-state index in [2.05, 4.69) is 38.0 Å². The number of hydrogen-bond donors (Lipinski definition) is 1. The molecule has 0 aliphatic carbocycles. The Labute approximate surface area is 83.7 Å². The second-order valence-corrected chi connectivity index (χ2v) is 4.03. The maximum atomic E-state index is 3.42. The number of rotatable bonds is 8. The summed E-state index contributed by atoms with van der Waals surface area (Å²) in [6.45, 7) is 11.5. The number of likely N-dealkylation sites (N-methyl/N-ethyl adjacent to an activating group) is 1. The van der Waals surface area contributed by atoms with Crippen LogP contribution in [0.25, 0.3) is 0 Å². The van der Waals surface area contributed by atoms with E-state index < -0.39 is 0 Å². The minimum absolute atomic E-state index is 0.830. The normalized spacial score (nSPS) is 13.6. The summed E-state index contributed by atoms with van der Waals surface area (Å²) in [5.74, 6) is 0.830. The van der Waals surface area contributed by atoms with Crippen molar-refractivity contribution < 1.29 is 0 Å². The van der Waals surface area contributed by atoms with Crippen molar-refractivity contribution in [1.82, 2.24) is 10.2 Å². The first-order chi connectivity index (χ1) is 6.20. The van der Waals surface area contributed by atoms with Gasteiger partial charge in [0, 0.05) is 19.6 Å². The molecule has 0 aliphatic heterocycles. The van der Waals surface area contributed by atoms with Gasteiger partial charge in [0.05, 0.1) is 0 Å². The van der Waals surface area contributed by atoms with E-state index in [1.807, 2.05) is 0 Å². The molecule has 0 saturated heterocycles. The van der Waals surface area contributed by atoms with Crippen molar-refractivity contribution in [2.45, 2.75) is 33.6 Å². The van der Waals surface area contributed by atoms with Crippen LogP contribution >= 0.6 is 0 Å². The second kappa shape index (κ2) is 8.52. The predicted molar refractivity (Wildman–Crippen MR) is 60.1 cm³/mol. The molecule has 0 aromatic carbocycles. The third-order valence-electron chi connectivity index (χ3n) is 2.42. The van der Waals surface area contributed by atoms with Gasteiger partial charge in [-0.3, -0.25) is 0 Å². The predicted octanol–water partition coefficient (Wildman–Crippen LogP) is 1.96. The second-order valence-electron chi connectivity index (χ2n) is 4.03. The van der Waals surface area contributed by atoms with Gasteiger partial charge in [0.1, 0.15) is 0 Å². The lowest BCUT2D eigenvalue weighted by Gasteiger charge is -2.20. The van der Waals surface area contributed by atoms with Gasteiger partial charge in [-0.2, -0.15) is 0 Å². The van der Waals surface area contributed by atoms with Crippen LogP contribution in [0.2, 0.25) is 0 Å². The zero-order chi connectivity index (χ0) is 10.1. The first-order valence-electron chi connectivity index (χ1n) is 5.59. The molecule has 0 saturated carbocycles. The molecule has 1 unspecified atom stereocenters. The van der Waals surface area contributed by atoms with Crippen LogP contribution in [0.3, 0.4) is 0 Å². The van der Waals surface area contributed by atoms with Crippen LogP contribution in [-0.2, 0) is 0 Å². The molecule has 0 amide bonds. The van der Waals surface area contributed by atoms with Gasteiger partial charge in [-0.15, -0.1) is 0 Å². The quantitative estimate of drug-likeness (QED) is 0.583. The fraction of sp³-hybridized carbons (Fsp3) is 1.00. The molecule has 0 aromatic heterocycles. The average Bonchev–Trinajstić information content (AvgIpc) is 2.12. The Morgan fingerprint density at radius 3 is 2.46 bits per heavy atom. The molecule has 2 heteroatoms. The van der Waals surface area contributed by atoms with Gasteiger partial charge in [0.15, 0.2) is 0 Å². The molecule has 0 rings (SSSR count). The van der Waals surface area contributed by atoms with Gasteiger partial charge in [-0.25, -0.2) is 0 Å². The average molecular weight is 186 g/mol. The lowest BCUT2D eigenvalue weighted by atomic mass is 10.1. The van der Waals surface area contributed by atoms with Crippen molar-refractivity contribution in [3.8, 4) is 0 Å². The van der Waals surface area contributed by atoms with Crippen molar-refractivity contribution in [1.29, 1.82) is 0 Å². The van der Waals surface area contributed by atoms with Crippen LogP contribution in [0.15, 0.2) is 0 Å². The first kappa shape index (κ1) is 12.9. The first-order valence-corrected chi connectivity index (χ1v) is 5.59. The van der Waals surface area contributed by atoms with E-state index in [9.17, 15) is 0 Å². The fourth-order valence-electron chi connectivity index (χ4n) is 1.32. The molecule has 80 valence electrons. The maximum absolute atomic E-state index is 3.42. The summed E-state index contributed by atoms with van der Waals surface area (Å²) in [4.78, 5) is 2.41. The van der Waals surface area contributed by atoms with Crippen molar-refractivity contribution >= 4 is 0 Å². The number of nitrogens with zero attached hydrogens (tertiary/aromatic N) is 1. The summed E-state index contributed by atoms with van der Waals surface area (Å²) < 4.78 is 0. The van der Waals surface area contributed by atoms with Crippen molar-refractivity contribution in [2.24, 2.45) is 5.92 Å². The minimum Gasteiger partial charge on any atom is -0.315 e. The summed E-state index contributed by atoms with van der Waals surface area (Å²) in [6, 6.07) is 0. The van der Waals surface area contributed by atoms with Gasteiger partial charge in [-0.1, -0.05) is 27.2 Å². The molecule has 0 heterocycles. The zero-order valence-electron chi connectivity index (χ0n) is 9.77. The standard InChI is InChI=1S/C11H26N2/c1-5-7-12-8-9-13(4)10-11(3)6-2/h11-12H,5-10H2,1-4H3. The molecular weight excluding hydrogens is 160 g/mol. The van der Waals surface area contributed by atoms with E-state index in [1.165, 1.54) is 25.9 Å². The van der Waals surface area contributed by atoms with E-state index in [1.54, 1.807) is 0 Å². The van der Waals surface area contributed by atoms with Crippen LogP contribution in [0.1, 0.15) is 33.6 Å². The molecule has 0 bridgehead atoms. The summed E-state index contributed by atoms with van der Waals surface area (Å²) in [7, 11) is 2.21. The Kier molecular flexibility index (Phi) is 8.46. The zero-order valence-corrected chi connectivity index (χ0v) is 9.77. The summed E-state index contributed by atoms with van der Waals surface area (Å²) in [6.07, 6.45) is 2.52. The molecule has 0 radical (unpaired) electrons. The maximum Gasteiger partial charge on any atom is 0.0104 e. The molecule has 13 heavy (non-hydrogen) atoms. The molecule has 1 atom stereocenters. The van der Waals surface area contributed by atoms with E-state index in [0.717, 1.165) is 19.0 Å². The Bertz CT molecular complexity index is 104. The lowest BCUT2D eigenvalue weighted by Crippen LogP contribution is -2.32. The van der Waals surface area contributed by atoms with E-state index in [-0.39, 0.29) is 0 Å². The molecule has 1 N–H and O–H groups in total. The van der Waals surface area contributed by atoms with Crippen LogP contribution in [0.4, 0.5) is 0 Å². The minimum atomic E-state index is 0.830. The summed E-state index contributed by atoms with van der Waals surface area (Å²) >= 11 is 0. The van der Waals surface area contributed by atoms with Crippen LogP contribution in [0.5, 0.6) is 0 Å². The fourth-order valence-corrected chi connectivity index (χ4v) is 1.32. The highest BCUT2D eigenvalue weighted by Crippen LogP contribution is 2.01. The van der Waals surface area contributed by atoms with Gasteiger partial charge >= 0.3 is 0 Å². The van der Waals surface area contributed by atoms with Gasteiger partial charge in [0.25, 0.3) is 0 Å². The molecule has 2 nitrogen and oxygen atoms in total. The monoisotopic (exact) mass is 186 g/mol. The van der Waals surface area contributed by atoms with Gasteiger partial charge in [-0.05, 0) is 25.9 Å². The summed E-state index contributed by atoms with van der Waals surface area (Å²) in [5.41, 5.74) is 0. The van der Waals surface area contributed by atoms with E-state index in [0.29, 0.717) is 0 Å². The lowest BCUT2D eigenvalue weighted by molar-refractivity contribution is 0.282. The molecule has 0 fully saturated rings. The smallest absolute Gasteiger partial charge is 0.0104 e. The summed E-state index contributed by atoms with van der Waals surface area (Å²) in [5, 5.41) is 3.42. The van der Waals surface area contributed by atoms with Crippen molar-refractivity contribution in [3.63, 3.8) is 0 Å².